The molecule has 0 unspecified atom stereocenters. The van der Waals surface area contributed by atoms with E-state index in [-0.39, 0.29) is 4.90 Å². The fourth-order valence-electron chi connectivity index (χ4n) is 3.39. The van der Waals surface area contributed by atoms with E-state index in [1.807, 2.05) is 26.0 Å². The molecule has 35 heavy (non-hydrogen) atoms. The maximum Gasteiger partial charge on any atom is 0.264 e. The highest BCUT2D eigenvalue weighted by atomic mass is 32.2. The Morgan fingerprint density at radius 1 is 0.943 bits per heavy atom. The number of ether oxygens (including phenoxy) is 2. The van der Waals surface area contributed by atoms with Crippen LogP contribution in [0.2, 0.25) is 0 Å². The minimum absolute atomic E-state index is 0.100. The average molecular weight is 496 g/mol. The van der Waals surface area contributed by atoms with Crippen LogP contribution in [-0.4, -0.2) is 41.3 Å². The number of rotatable bonds is 9. The monoisotopic (exact) mass is 495 g/mol. The summed E-state index contributed by atoms with van der Waals surface area (Å²) in [5.41, 5.74) is 6.00. The van der Waals surface area contributed by atoms with Crippen molar-refractivity contribution < 1.29 is 22.7 Å². The van der Waals surface area contributed by atoms with Gasteiger partial charge in [0.05, 0.1) is 31.0 Å². The molecule has 0 spiro atoms. The second-order valence-electron chi connectivity index (χ2n) is 8.02. The van der Waals surface area contributed by atoms with Crippen LogP contribution in [0.3, 0.4) is 0 Å². The van der Waals surface area contributed by atoms with Crippen molar-refractivity contribution in [1.29, 1.82) is 0 Å². The highest BCUT2D eigenvalue weighted by molar-refractivity contribution is 7.92. The number of carbonyl (C=O) groups is 1. The lowest BCUT2D eigenvalue weighted by molar-refractivity contribution is -0.119. The van der Waals surface area contributed by atoms with E-state index < -0.39 is 22.5 Å². The fraction of sp³-hybridized carbons (Fsp3) is 0.231. The Balaban J connectivity index is 1.88. The summed E-state index contributed by atoms with van der Waals surface area (Å²) in [6, 6.07) is 17.2. The van der Waals surface area contributed by atoms with Crippen molar-refractivity contribution in [3.8, 4) is 11.5 Å². The number of nitrogens with zero attached hydrogens (tertiary/aromatic N) is 2. The Hall–Kier alpha value is -3.85. The van der Waals surface area contributed by atoms with Gasteiger partial charge in [-0.15, -0.1) is 0 Å². The van der Waals surface area contributed by atoms with Gasteiger partial charge in [0.15, 0.2) is 0 Å². The van der Waals surface area contributed by atoms with Crippen LogP contribution in [0.5, 0.6) is 11.5 Å². The number of hydrogen-bond acceptors (Lipinski definition) is 6. The normalized spacial score (nSPS) is 11.3. The molecule has 0 aliphatic rings. The van der Waals surface area contributed by atoms with Gasteiger partial charge >= 0.3 is 0 Å². The molecule has 3 rings (SSSR count). The van der Waals surface area contributed by atoms with Gasteiger partial charge in [0.1, 0.15) is 18.0 Å². The van der Waals surface area contributed by atoms with E-state index in [0.29, 0.717) is 22.7 Å². The third kappa shape index (κ3) is 6.19. The van der Waals surface area contributed by atoms with Crippen LogP contribution >= 0.6 is 0 Å². The summed E-state index contributed by atoms with van der Waals surface area (Å²) in [6.45, 7) is 5.10. The van der Waals surface area contributed by atoms with Crippen molar-refractivity contribution in [2.75, 3.05) is 25.1 Å². The molecule has 0 atom stereocenters. The van der Waals surface area contributed by atoms with Gasteiger partial charge < -0.3 is 9.47 Å². The highest BCUT2D eigenvalue weighted by Gasteiger charge is 2.28. The highest BCUT2D eigenvalue weighted by Crippen LogP contribution is 2.28. The topological polar surface area (TPSA) is 97.3 Å². The zero-order valence-electron chi connectivity index (χ0n) is 20.4. The molecular weight excluding hydrogens is 466 g/mol. The predicted molar refractivity (Wildman–Crippen MR) is 137 cm³/mol. The number of carbonyl (C=O) groups excluding carboxylic acids is 1. The maximum absolute atomic E-state index is 13.6. The fourth-order valence-corrected chi connectivity index (χ4v) is 4.87. The number of amides is 1. The molecule has 8 nitrogen and oxygen atoms in total. The molecule has 184 valence electrons. The van der Waals surface area contributed by atoms with Crippen LogP contribution in [0.1, 0.15) is 22.3 Å². The number of methoxy groups -OCH3 is 2. The first-order chi connectivity index (χ1) is 16.6. The maximum atomic E-state index is 13.6. The van der Waals surface area contributed by atoms with Gasteiger partial charge in [-0.1, -0.05) is 29.8 Å². The molecule has 3 aromatic carbocycles. The van der Waals surface area contributed by atoms with E-state index in [1.54, 1.807) is 50.4 Å². The number of hydrogen-bond donors (Lipinski definition) is 1. The SMILES string of the molecule is COc1ccc(/C=N\NC(=O)CN(c2cc(C)ccc2C)S(=O)(=O)c2ccc(C)cc2)c(OC)c1. The minimum atomic E-state index is -4.01. The molecule has 0 aliphatic carbocycles. The van der Waals surface area contributed by atoms with Crippen LogP contribution in [0.15, 0.2) is 70.7 Å². The van der Waals surface area contributed by atoms with Crippen molar-refractivity contribution in [2.24, 2.45) is 5.10 Å². The van der Waals surface area contributed by atoms with Crippen LogP contribution in [0.25, 0.3) is 0 Å². The van der Waals surface area contributed by atoms with Gasteiger partial charge in [0.2, 0.25) is 0 Å². The van der Waals surface area contributed by atoms with Crippen molar-refractivity contribution in [2.45, 2.75) is 25.7 Å². The summed E-state index contributed by atoms with van der Waals surface area (Å²) >= 11 is 0. The molecule has 0 aliphatic heterocycles. The molecule has 0 saturated heterocycles. The third-order valence-electron chi connectivity index (χ3n) is 5.36. The number of hydrazone groups is 1. The largest absolute Gasteiger partial charge is 0.497 e. The van der Waals surface area contributed by atoms with Gasteiger partial charge in [0.25, 0.3) is 15.9 Å². The molecule has 3 aromatic rings. The van der Waals surface area contributed by atoms with Gasteiger partial charge in [-0.2, -0.15) is 5.10 Å². The predicted octanol–water partition coefficient (Wildman–Crippen LogP) is 3.97. The van der Waals surface area contributed by atoms with Crippen LogP contribution in [0, 0.1) is 20.8 Å². The number of nitrogens with one attached hydrogen (secondary N) is 1. The minimum Gasteiger partial charge on any atom is -0.497 e. The van der Waals surface area contributed by atoms with Crippen molar-refractivity contribution in [3.63, 3.8) is 0 Å². The Bertz CT molecular complexity index is 1340. The number of benzene rings is 3. The Morgan fingerprint density at radius 2 is 1.63 bits per heavy atom. The molecule has 0 fully saturated rings. The molecule has 0 radical (unpaired) electrons. The van der Waals surface area contributed by atoms with Crippen molar-refractivity contribution in [1.82, 2.24) is 5.43 Å². The standard InChI is InChI=1S/C26H29N3O5S/c1-18-7-12-23(13-8-18)35(31,32)29(24-14-19(2)6-9-20(24)3)17-26(30)28-27-16-21-10-11-22(33-4)15-25(21)34-5/h6-16H,17H2,1-5H3,(H,28,30)/b27-16-. The van der Waals surface area contributed by atoms with Gasteiger partial charge in [-0.25, -0.2) is 13.8 Å². The second kappa shape index (κ2) is 11.1. The number of anilines is 1. The van der Waals surface area contributed by atoms with E-state index in [4.69, 9.17) is 9.47 Å². The number of aryl methyl sites for hydroxylation is 3. The Morgan fingerprint density at radius 3 is 2.29 bits per heavy atom. The summed E-state index contributed by atoms with van der Waals surface area (Å²) in [5, 5.41) is 3.99. The zero-order valence-corrected chi connectivity index (χ0v) is 21.2. The van der Waals surface area contributed by atoms with Crippen LogP contribution in [-0.2, 0) is 14.8 Å². The molecule has 9 heteroatoms. The third-order valence-corrected chi connectivity index (χ3v) is 7.14. The number of sulfonamides is 1. The summed E-state index contributed by atoms with van der Waals surface area (Å²) in [6.07, 6.45) is 1.42. The lowest BCUT2D eigenvalue weighted by Crippen LogP contribution is -2.40. The molecule has 0 saturated carbocycles. The van der Waals surface area contributed by atoms with E-state index in [2.05, 4.69) is 10.5 Å². The van der Waals surface area contributed by atoms with Crippen molar-refractivity contribution >= 4 is 27.8 Å². The van der Waals surface area contributed by atoms with E-state index in [1.165, 1.54) is 25.5 Å². The van der Waals surface area contributed by atoms with Crippen LogP contribution < -0.4 is 19.2 Å². The smallest absolute Gasteiger partial charge is 0.264 e. The van der Waals surface area contributed by atoms with Gasteiger partial charge in [-0.05, 0) is 62.2 Å². The quantitative estimate of drug-likeness (QED) is 0.358. The summed E-state index contributed by atoms with van der Waals surface area (Å²) < 4.78 is 38.7. The lowest BCUT2D eigenvalue weighted by Gasteiger charge is -2.25. The first kappa shape index (κ1) is 25.8. The van der Waals surface area contributed by atoms with E-state index >= 15 is 0 Å². The molecular formula is C26H29N3O5S. The summed E-state index contributed by atoms with van der Waals surface area (Å²) in [7, 11) is -0.947. The van der Waals surface area contributed by atoms with E-state index in [9.17, 15) is 13.2 Å². The average Bonchev–Trinajstić information content (AvgIpc) is 2.84. The van der Waals surface area contributed by atoms with Gasteiger partial charge in [-0.3, -0.25) is 9.10 Å². The van der Waals surface area contributed by atoms with E-state index in [0.717, 1.165) is 21.0 Å². The lowest BCUT2D eigenvalue weighted by atomic mass is 10.1. The first-order valence-corrected chi connectivity index (χ1v) is 12.3. The Labute approximate surface area is 206 Å². The summed E-state index contributed by atoms with van der Waals surface area (Å²) in [4.78, 5) is 12.9. The second-order valence-corrected chi connectivity index (χ2v) is 9.88. The van der Waals surface area contributed by atoms with Crippen molar-refractivity contribution in [3.05, 3.63) is 82.9 Å². The van der Waals surface area contributed by atoms with Gasteiger partial charge in [0, 0.05) is 11.6 Å². The Kier molecular flexibility index (Phi) is 8.14. The van der Waals surface area contributed by atoms with Crippen LogP contribution in [0.4, 0.5) is 5.69 Å². The molecule has 0 aromatic heterocycles. The molecule has 0 bridgehead atoms. The molecule has 1 amide bonds. The first-order valence-electron chi connectivity index (χ1n) is 10.9. The zero-order chi connectivity index (χ0) is 25.6. The molecule has 1 N–H and O–H groups in total. The molecule has 0 heterocycles. The summed E-state index contributed by atoms with van der Waals surface area (Å²) in [5.74, 6) is 0.542.